The molecule has 7 heteroatoms. The van der Waals surface area contributed by atoms with Gasteiger partial charge in [-0.05, 0) is 36.0 Å². The molecule has 0 aliphatic carbocycles. The van der Waals surface area contributed by atoms with Crippen molar-refractivity contribution in [1.29, 1.82) is 0 Å². The van der Waals surface area contributed by atoms with Crippen LogP contribution in [0, 0.1) is 0 Å². The van der Waals surface area contributed by atoms with Crippen molar-refractivity contribution in [3.05, 3.63) is 52.8 Å². The van der Waals surface area contributed by atoms with E-state index in [1.165, 1.54) is 6.20 Å². The monoisotopic (exact) mass is 399 g/mol. The van der Waals surface area contributed by atoms with E-state index in [4.69, 9.17) is 15.6 Å². The van der Waals surface area contributed by atoms with Gasteiger partial charge < -0.3 is 20.9 Å². The standard InChI is InChI=1S/C22H29N3O4/c1-22(2,3)19-16(9-10-24-20(19)21(23)28)25-18(27)13-15-12-14(6-5-11-26)7-8-17(15)29-4/h7-10,12,26H,5-6,11,13H2,1-4H3,(H2,23,28)(H,24,25,27). The van der Waals surface area contributed by atoms with E-state index >= 15 is 0 Å². The number of rotatable bonds is 8. The zero-order valence-electron chi connectivity index (χ0n) is 17.4. The maximum absolute atomic E-state index is 12.8. The van der Waals surface area contributed by atoms with E-state index in [1.54, 1.807) is 13.2 Å². The molecule has 0 fully saturated rings. The number of aryl methyl sites for hydroxylation is 1. The number of methoxy groups -OCH3 is 1. The van der Waals surface area contributed by atoms with Gasteiger partial charge in [-0.25, -0.2) is 0 Å². The fourth-order valence-electron chi connectivity index (χ4n) is 3.29. The highest BCUT2D eigenvalue weighted by Gasteiger charge is 2.26. The summed E-state index contributed by atoms with van der Waals surface area (Å²) in [6.45, 7) is 5.90. The van der Waals surface area contributed by atoms with Gasteiger partial charge in [0.05, 0.1) is 13.5 Å². The van der Waals surface area contributed by atoms with E-state index in [0.717, 1.165) is 17.5 Å². The Labute approximate surface area is 171 Å². The third-order valence-corrected chi connectivity index (χ3v) is 4.53. The summed E-state index contributed by atoms with van der Waals surface area (Å²) in [6.07, 6.45) is 2.93. The van der Waals surface area contributed by atoms with Crippen molar-refractivity contribution in [1.82, 2.24) is 4.98 Å². The summed E-state index contributed by atoms with van der Waals surface area (Å²) >= 11 is 0. The van der Waals surface area contributed by atoms with Gasteiger partial charge in [-0.1, -0.05) is 32.9 Å². The van der Waals surface area contributed by atoms with Crippen molar-refractivity contribution < 1.29 is 19.4 Å². The highest BCUT2D eigenvalue weighted by molar-refractivity contribution is 5.98. The number of carbonyl (C=O) groups is 2. The van der Waals surface area contributed by atoms with Gasteiger partial charge >= 0.3 is 0 Å². The van der Waals surface area contributed by atoms with Crippen LogP contribution in [0.4, 0.5) is 5.69 Å². The molecular weight excluding hydrogens is 370 g/mol. The average Bonchev–Trinajstić information content (AvgIpc) is 2.65. The molecule has 0 aliphatic heterocycles. The number of nitrogens with zero attached hydrogens (tertiary/aromatic N) is 1. The Morgan fingerprint density at radius 3 is 2.55 bits per heavy atom. The molecule has 2 aromatic rings. The number of carbonyl (C=O) groups excluding carboxylic acids is 2. The van der Waals surface area contributed by atoms with Crippen LogP contribution < -0.4 is 15.8 Å². The molecule has 2 rings (SSSR count). The third kappa shape index (κ3) is 5.77. The first-order valence-corrected chi connectivity index (χ1v) is 9.53. The number of hydrogen-bond donors (Lipinski definition) is 3. The highest BCUT2D eigenvalue weighted by atomic mass is 16.5. The second-order valence-corrected chi connectivity index (χ2v) is 7.89. The summed E-state index contributed by atoms with van der Waals surface area (Å²) in [5.41, 5.74) is 8.09. The molecule has 0 saturated heterocycles. The molecule has 0 radical (unpaired) electrons. The minimum atomic E-state index is -0.635. The molecular formula is C22H29N3O4. The number of nitrogens with two attached hydrogens (primary N) is 1. The van der Waals surface area contributed by atoms with Crippen LogP contribution in [0.2, 0.25) is 0 Å². The molecule has 0 aliphatic rings. The third-order valence-electron chi connectivity index (χ3n) is 4.53. The van der Waals surface area contributed by atoms with Crippen molar-refractivity contribution in [2.75, 3.05) is 19.0 Å². The van der Waals surface area contributed by atoms with Crippen molar-refractivity contribution in [2.45, 2.75) is 45.4 Å². The summed E-state index contributed by atoms with van der Waals surface area (Å²) in [4.78, 5) is 28.7. The highest BCUT2D eigenvalue weighted by Crippen LogP contribution is 2.32. The van der Waals surface area contributed by atoms with Crippen LogP contribution in [0.25, 0.3) is 0 Å². The molecule has 156 valence electrons. The first-order valence-electron chi connectivity index (χ1n) is 9.53. The Bertz CT molecular complexity index is 888. The van der Waals surface area contributed by atoms with Gasteiger partial charge in [0.1, 0.15) is 11.4 Å². The Balaban J connectivity index is 2.30. The molecule has 1 aromatic carbocycles. The zero-order valence-corrected chi connectivity index (χ0v) is 17.4. The predicted molar refractivity (Wildman–Crippen MR) is 112 cm³/mol. The Morgan fingerprint density at radius 2 is 1.97 bits per heavy atom. The number of ether oxygens (including phenoxy) is 1. The lowest BCUT2D eigenvalue weighted by Gasteiger charge is -2.24. The van der Waals surface area contributed by atoms with Crippen molar-refractivity contribution in [2.24, 2.45) is 5.73 Å². The normalized spacial score (nSPS) is 11.2. The molecule has 0 spiro atoms. The number of anilines is 1. The number of aromatic nitrogens is 1. The van der Waals surface area contributed by atoms with Gasteiger partial charge in [0.25, 0.3) is 5.91 Å². The van der Waals surface area contributed by atoms with Crippen molar-refractivity contribution in [3.63, 3.8) is 0 Å². The van der Waals surface area contributed by atoms with Crippen LogP contribution >= 0.6 is 0 Å². The van der Waals surface area contributed by atoms with Gasteiger partial charge in [0.15, 0.2) is 0 Å². The second-order valence-electron chi connectivity index (χ2n) is 7.89. The van der Waals surface area contributed by atoms with Gasteiger partial charge in [0.2, 0.25) is 5.91 Å². The topological polar surface area (TPSA) is 115 Å². The van der Waals surface area contributed by atoms with E-state index in [1.807, 2.05) is 39.0 Å². The molecule has 1 heterocycles. The van der Waals surface area contributed by atoms with Crippen LogP contribution in [-0.4, -0.2) is 35.6 Å². The fourth-order valence-corrected chi connectivity index (χ4v) is 3.29. The van der Waals surface area contributed by atoms with E-state index in [-0.39, 0.29) is 24.6 Å². The van der Waals surface area contributed by atoms with E-state index < -0.39 is 11.3 Å². The number of hydrogen-bond acceptors (Lipinski definition) is 5. The zero-order chi connectivity index (χ0) is 21.6. The van der Waals surface area contributed by atoms with Crippen LogP contribution in [0.5, 0.6) is 5.75 Å². The van der Waals surface area contributed by atoms with Crippen LogP contribution in [0.15, 0.2) is 30.5 Å². The second kappa shape index (κ2) is 9.52. The van der Waals surface area contributed by atoms with E-state index in [0.29, 0.717) is 23.4 Å². The fraction of sp³-hybridized carbons (Fsp3) is 0.409. The first-order chi connectivity index (χ1) is 13.7. The number of pyridine rings is 1. The number of benzene rings is 1. The first kappa shape index (κ1) is 22.4. The van der Waals surface area contributed by atoms with Crippen LogP contribution in [0.3, 0.4) is 0 Å². The predicted octanol–water partition coefficient (Wildman–Crippen LogP) is 2.59. The Morgan fingerprint density at radius 1 is 1.24 bits per heavy atom. The van der Waals surface area contributed by atoms with Gasteiger partial charge in [0, 0.05) is 29.6 Å². The molecule has 2 amide bonds. The van der Waals surface area contributed by atoms with Crippen molar-refractivity contribution in [3.8, 4) is 5.75 Å². The summed E-state index contributed by atoms with van der Waals surface area (Å²) in [5.74, 6) is -0.254. The summed E-state index contributed by atoms with van der Waals surface area (Å²) in [6, 6.07) is 7.34. The van der Waals surface area contributed by atoms with Crippen LogP contribution in [0.1, 0.15) is 54.4 Å². The molecule has 0 atom stereocenters. The SMILES string of the molecule is COc1ccc(CCCO)cc1CC(=O)Nc1ccnc(C(N)=O)c1C(C)(C)C. The minimum Gasteiger partial charge on any atom is -0.496 e. The van der Waals surface area contributed by atoms with E-state index in [9.17, 15) is 9.59 Å². The molecule has 7 nitrogen and oxygen atoms in total. The number of aliphatic hydroxyl groups is 1. The lowest BCUT2D eigenvalue weighted by atomic mass is 9.84. The van der Waals surface area contributed by atoms with Gasteiger partial charge in [-0.2, -0.15) is 0 Å². The lowest BCUT2D eigenvalue weighted by molar-refractivity contribution is -0.115. The van der Waals surface area contributed by atoms with Crippen molar-refractivity contribution >= 4 is 17.5 Å². The average molecular weight is 399 g/mol. The molecule has 0 unspecified atom stereocenters. The molecule has 4 N–H and O–H groups in total. The Kier molecular flexibility index (Phi) is 7.34. The smallest absolute Gasteiger partial charge is 0.267 e. The Hall–Kier alpha value is -2.93. The number of nitrogens with one attached hydrogen (secondary N) is 1. The van der Waals surface area contributed by atoms with E-state index in [2.05, 4.69) is 10.3 Å². The van der Waals surface area contributed by atoms with Gasteiger partial charge in [-0.3, -0.25) is 14.6 Å². The number of aliphatic hydroxyl groups excluding tert-OH is 1. The summed E-state index contributed by atoms with van der Waals surface area (Å²) in [7, 11) is 1.56. The molecule has 0 saturated carbocycles. The number of amides is 2. The van der Waals surface area contributed by atoms with Crippen LogP contribution in [-0.2, 0) is 23.1 Å². The molecule has 1 aromatic heterocycles. The lowest BCUT2D eigenvalue weighted by Crippen LogP contribution is -2.26. The van der Waals surface area contributed by atoms with Gasteiger partial charge in [-0.15, -0.1) is 0 Å². The maximum atomic E-state index is 12.8. The molecule has 29 heavy (non-hydrogen) atoms. The minimum absolute atomic E-state index is 0.105. The summed E-state index contributed by atoms with van der Waals surface area (Å²) < 4.78 is 5.38. The quantitative estimate of drug-likeness (QED) is 0.631. The largest absolute Gasteiger partial charge is 0.496 e. The summed E-state index contributed by atoms with van der Waals surface area (Å²) in [5, 5.41) is 11.9. The molecule has 0 bridgehead atoms. The maximum Gasteiger partial charge on any atom is 0.267 e. The number of primary amides is 1.